The minimum atomic E-state index is -0.191. The Morgan fingerprint density at radius 2 is 2.40 bits per heavy atom. The van der Waals surface area contributed by atoms with Crippen molar-refractivity contribution >= 4 is 32.9 Å². The molecule has 2 aromatic rings. The second-order valence-corrected chi connectivity index (χ2v) is 3.83. The zero-order valence-corrected chi connectivity index (χ0v) is 9.63. The Balaban J connectivity index is 2.61. The average Bonchev–Trinajstić information content (AvgIpc) is 2.21. The number of H-pyrrole nitrogens is 1. The van der Waals surface area contributed by atoms with Crippen LogP contribution in [-0.4, -0.2) is 21.5 Å². The van der Waals surface area contributed by atoms with Crippen molar-refractivity contribution in [3.63, 3.8) is 0 Å². The van der Waals surface area contributed by atoms with E-state index in [1.54, 1.807) is 12.3 Å². The van der Waals surface area contributed by atoms with Gasteiger partial charge >= 0.3 is 0 Å². The molecule has 0 amide bonds. The van der Waals surface area contributed by atoms with Gasteiger partial charge in [-0.3, -0.25) is 4.79 Å². The van der Waals surface area contributed by atoms with Crippen LogP contribution in [-0.2, 0) is 0 Å². The van der Waals surface area contributed by atoms with Crippen molar-refractivity contribution in [2.45, 2.75) is 6.92 Å². The number of fused-ring (bicyclic) bond motifs is 1. The largest absolute Gasteiger partial charge is 0.354 e. The molecule has 78 valence electrons. The van der Waals surface area contributed by atoms with Gasteiger partial charge in [0.1, 0.15) is 5.65 Å². The highest BCUT2D eigenvalue weighted by Gasteiger charge is 2.02. The van der Waals surface area contributed by atoms with Gasteiger partial charge in [-0.15, -0.1) is 0 Å². The van der Waals surface area contributed by atoms with Crippen LogP contribution < -0.4 is 10.9 Å². The molecule has 5 nitrogen and oxygen atoms in total. The molecule has 2 heterocycles. The highest BCUT2D eigenvalue weighted by Crippen LogP contribution is 2.12. The van der Waals surface area contributed by atoms with Gasteiger partial charge in [-0.05, 0) is 28.9 Å². The number of rotatable bonds is 2. The SMILES string of the molecule is CCNc1ncc2cc(Br)c(=O)[nH]c2n1. The van der Waals surface area contributed by atoms with Crippen molar-refractivity contribution in [1.82, 2.24) is 15.0 Å². The third-order valence-electron chi connectivity index (χ3n) is 1.88. The Hall–Kier alpha value is -1.43. The molecule has 0 aliphatic carbocycles. The first kappa shape index (κ1) is 10.1. The Morgan fingerprint density at radius 3 is 3.13 bits per heavy atom. The quantitative estimate of drug-likeness (QED) is 0.867. The Morgan fingerprint density at radius 1 is 1.60 bits per heavy atom. The number of nitrogens with one attached hydrogen (secondary N) is 2. The van der Waals surface area contributed by atoms with E-state index in [0.717, 1.165) is 11.9 Å². The van der Waals surface area contributed by atoms with Crippen LogP contribution in [0.5, 0.6) is 0 Å². The van der Waals surface area contributed by atoms with Gasteiger partial charge in [-0.2, -0.15) is 4.98 Å². The van der Waals surface area contributed by atoms with Crippen LogP contribution in [0.1, 0.15) is 6.92 Å². The van der Waals surface area contributed by atoms with E-state index in [1.165, 1.54) is 0 Å². The Bertz CT molecular complexity index is 551. The lowest BCUT2D eigenvalue weighted by Crippen LogP contribution is -2.09. The van der Waals surface area contributed by atoms with Crippen LogP contribution in [0.2, 0.25) is 0 Å². The Kier molecular flexibility index (Phi) is 2.68. The summed E-state index contributed by atoms with van der Waals surface area (Å²) in [7, 11) is 0. The minimum absolute atomic E-state index is 0.191. The summed E-state index contributed by atoms with van der Waals surface area (Å²) in [5.74, 6) is 0.517. The fourth-order valence-electron chi connectivity index (χ4n) is 1.21. The van der Waals surface area contributed by atoms with Gasteiger partial charge in [-0.25, -0.2) is 4.98 Å². The number of pyridine rings is 1. The highest BCUT2D eigenvalue weighted by molar-refractivity contribution is 9.10. The second-order valence-electron chi connectivity index (χ2n) is 2.97. The lowest BCUT2D eigenvalue weighted by atomic mass is 10.3. The van der Waals surface area contributed by atoms with E-state index in [2.05, 4.69) is 36.2 Å². The van der Waals surface area contributed by atoms with E-state index in [-0.39, 0.29) is 5.56 Å². The van der Waals surface area contributed by atoms with E-state index in [9.17, 15) is 4.79 Å². The predicted molar refractivity (Wildman–Crippen MR) is 62.0 cm³/mol. The molecule has 2 N–H and O–H groups in total. The zero-order chi connectivity index (χ0) is 10.8. The van der Waals surface area contributed by atoms with Gasteiger partial charge in [-0.1, -0.05) is 0 Å². The maximum atomic E-state index is 11.3. The standard InChI is InChI=1S/C9H9BrN4O/c1-2-11-9-12-4-5-3-6(10)8(15)13-7(5)14-9/h3-4H,2H2,1H3,(H2,11,12,13,14,15). The Labute approximate surface area is 94.1 Å². The molecule has 0 radical (unpaired) electrons. The molecular weight excluding hydrogens is 260 g/mol. The molecule has 0 saturated heterocycles. The molecule has 0 unspecified atom stereocenters. The average molecular weight is 269 g/mol. The molecular formula is C9H9BrN4O. The number of aromatic nitrogens is 3. The maximum Gasteiger partial charge on any atom is 0.263 e. The van der Waals surface area contributed by atoms with Gasteiger partial charge in [0.25, 0.3) is 5.56 Å². The molecule has 2 rings (SSSR count). The third kappa shape index (κ3) is 1.99. The van der Waals surface area contributed by atoms with Crippen LogP contribution in [0.3, 0.4) is 0 Å². The second kappa shape index (κ2) is 3.98. The first-order valence-electron chi connectivity index (χ1n) is 4.50. The normalized spacial score (nSPS) is 10.5. The van der Waals surface area contributed by atoms with E-state index >= 15 is 0 Å². The summed E-state index contributed by atoms with van der Waals surface area (Å²) in [6.07, 6.45) is 1.67. The number of hydrogen-bond acceptors (Lipinski definition) is 4. The summed E-state index contributed by atoms with van der Waals surface area (Å²) in [4.78, 5) is 22.3. The molecule has 2 aromatic heterocycles. The fraction of sp³-hybridized carbons (Fsp3) is 0.222. The van der Waals surface area contributed by atoms with Crippen LogP contribution in [0.4, 0.5) is 5.95 Å². The van der Waals surface area contributed by atoms with Crippen molar-refractivity contribution in [2.75, 3.05) is 11.9 Å². The van der Waals surface area contributed by atoms with Crippen molar-refractivity contribution in [3.05, 3.63) is 27.1 Å². The van der Waals surface area contributed by atoms with Gasteiger partial charge in [0.2, 0.25) is 5.95 Å². The van der Waals surface area contributed by atoms with Gasteiger partial charge in [0.15, 0.2) is 0 Å². The fourth-order valence-corrected chi connectivity index (χ4v) is 1.56. The molecule has 0 spiro atoms. The molecule has 0 fully saturated rings. The van der Waals surface area contributed by atoms with Crippen LogP contribution in [0, 0.1) is 0 Å². The van der Waals surface area contributed by atoms with Crippen molar-refractivity contribution in [2.24, 2.45) is 0 Å². The van der Waals surface area contributed by atoms with E-state index in [4.69, 9.17) is 0 Å². The van der Waals surface area contributed by atoms with Gasteiger partial charge in [0, 0.05) is 18.1 Å². The summed E-state index contributed by atoms with van der Waals surface area (Å²) in [6.45, 7) is 2.70. The predicted octanol–water partition coefficient (Wildman–Crippen LogP) is 1.51. The number of hydrogen-bond donors (Lipinski definition) is 2. The monoisotopic (exact) mass is 268 g/mol. The lowest BCUT2D eigenvalue weighted by Gasteiger charge is -2.02. The number of anilines is 1. The molecule has 15 heavy (non-hydrogen) atoms. The molecule has 0 aliphatic heterocycles. The van der Waals surface area contributed by atoms with Crippen molar-refractivity contribution in [1.29, 1.82) is 0 Å². The zero-order valence-electron chi connectivity index (χ0n) is 8.04. The highest BCUT2D eigenvalue weighted by atomic mass is 79.9. The summed E-state index contributed by atoms with van der Waals surface area (Å²) in [5, 5.41) is 3.77. The summed E-state index contributed by atoms with van der Waals surface area (Å²) in [5.41, 5.74) is 0.345. The minimum Gasteiger partial charge on any atom is -0.354 e. The van der Waals surface area contributed by atoms with Crippen LogP contribution in [0.15, 0.2) is 21.5 Å². The van der Waals surface area contributed by atoms with E-state index in [1.807, 2.05) is 6.92 Å². The molecule has 0 aromatic carbocycles. The molecule has 0 aliphatic rings. The molecule has 6 heteroatoms. The summed E-state index contributed by atoms with van der Waals surface area (Å²) in [6, 6.07) is 1.70. The van der Waals surface area contributed by atoms with Gasteiger partial charge < -0.3 is 10.3 Å². The van der Waals surface area contributed by atoms with E-state index < -0.39 is 0 Å². The first-order chi connectivity index (χ1) is 7.20. The summed E-state index contributed by atoms with van der Waals surface area (Å²) < 4.78 is 0.481. The lowest BCUT2D eigenvalue weighted by molar-refractivity contribution is 1.09. The number of aromatic amines is 1. The summed E-state index contributed by atoms with van der Waals surface area (Å²) >= 11 is 3.15. The van der Waals surface area contributed by atoms with Crippen molar-refractivity contribution in [3.8, 4) is 0 Å². The smallest absolute Gasteiger partial charge is 0.263 e. The maximum absolute atomic E-state index is 11.3. The third-order valence-corrected chi connectivity index (χ3v) is 2.47. The van der Waals surface area contributed by atoms with Crippen LogP contribution in [0.25, 0.3) is 11.0 Å². The van der Waals surface area contributed by atoms with Gasteiger partial charge in [0.05, 0.1) is 4.47 Å². The topological polar surface area (TPSA) is 70.7 Å². The van der Waals surface area contributed by atoms with Crippen LogP contribution >= 0.6 is 15.9 Å². The first-order valence-corrected chi connectivity index (χ1v) is 5.29. The number of nitrogens with zero attached hydrogens (tertiary/aromatic N) is 2. The molecule has 0 bridgehead atoms. The molecule has 0 saturated carbocycles. The van der Waals surface area contributed by atoms with Crippen molar-refractivity contribution < 1.29 is 0 Å². The number of halogens is 1. The van der Waals surface area contributed by atoms with E-state index in [0.29, 0.717) is 16.1 Å². The molecule has 0 atom stereocenters.